The molecule has 4 rings (SSSR count). The fraction of sp³-hybridized carbons (Fsp3) is 0.185. The highest BCUT2D eigenvalue weighted by Crippen LogP contribution is 2.39. The topological polar surface area (TPSA) is 134 Å². The van der Waals surface area contributed by atoms with Crippen LogP contribution in [0, 0.1) is 6.92 Å². The van der Waals surface area contributed by atoms with E-state index in [4.69, 9.17) is 14.7 Å². The van der Waals surface area contributed by atoms with Crippen molar-refractivity contribution in [3.8, 4) is 0 Å². The van der Waals surface area contributed by atoms with Crippen LogP contribution in [0.15, 0.2) is 71.6 Å². The average molecular weight is 538 g/mol. The maximum absolute atomic E-state index is 13.2. The molecule has 38 heavy (non-hydrogen) atoms. The summed E-state index contributed by atoms with van der Waals surface area (Å²) in [6, 6.07) is 18.6. The zero-order valence-electron chi connectivity index (χ0n) is 21.0. The molecule has 3 aromatic rings. The molecular weight excluding hydrogens is 510 g/mol. The Morgan fingerprint density at radius 1 is 1.08 bits per heavy atom. The summed E-state index contributed by atoms with van der Waals surface area (Å²) >= 11 is 0. The van der Waals surface area contributed by atoms with Crippen molar-refractivity contribution >= 4 is 44.5 Å². The van der Waals surface area contributed by atoms with E-state index in [0.717, 1.165) is 5.56 Å². The normalized spacial score (nSPS) is 14.2. The first-order chi connectivity index (χ1) is 18.2. The molecule has 0 unspecified atom stereocenters. The molecule has 1 amide bonds. The number of esters is 1. The van der Waals surface area contributed by atoms with Gasteiger partial charge in [0, 0.05) is 18.3 Å². The van der Waals surface area contributed by atoms with Gasteiger partial charge < -0.3 is 20.5 Å². The summed E-state index contributed by atoms with van der Waals surface area (Å²) in [6.45, 7) is 1.29. The third kappa shape index (κ3) is 5.31. The second-order valence-corrected chi connectivity index (χ2v) is 10.3. The number of amides is 1. The maximum atomic E-state index is 13.2. The zero-order chi connectivity index (χ0) is 27.4. The Balaban J connectivity index is 1.76. The number of rotatable bonds is 9. The molecule has 198 valence electrons. The number of aliphatic hydroxyl groups excluding tert-OH is 1. The number of nitrogens with one attached hydrogen (secondary N) is 2. The number of carbonyl (C=O) groups excluding carboxylic acids is 2. The molecule has 1 heterocycles. The van der Waals surface area contributed by atoms with Crippen molar-refractivity contribution in [2.24, 2.45) is 0 Å². The molecular formula is C27H27N3O7S. The van der Waals surface area contributed by atoms with E-state index in [1.165, 1.54) is 26.3 Å². The second kappa shape index (κ2) is 11.2. The fourth-order valence-electron chi connectivity index (χ4n) is 4.03. The summed E-state index contributed by atoms with van der Waals surface area (Å²) in [4.78, 5) is 30.4. The first-order valence-electron chi connectivity index (χ1n) is 11.6. The van der Waals surface area contributed by atoms with Gasteiger partial charge in [-0.1, -0.05) is 34.8 Å². The Kier molecular flexibility index (Phi) is 7.93. The molecule has 11 heteroatoms. The van der Waals surface area contributed by atoms with Gasteiger partial charge in [-0.15, -0.1) is 0 Å². The van der Waals surface area contributed by atoms with Crippen LogP contribution in [0.1, 0.15) is 27.0 Å². The van der Waals surface area contributed by atoms with Crippen LogP contribution in [0.3, 0.4) is 0 Å². The summed E-state index contributed by atoms with van der Waals surface area (Å²) in [6.07, 6.45) is 0. The number of hydroxylamine groups is 1. The van der Waals surface area contributed by atoms with Crippen LogP contribution in [-0.2, 0) is 24.4 Å². The van der Waals surface area contributed by atoms with Gasteiger partial charge in [-0.3, -0.25) is 9.63 Å². The maximum Gasteiger partial charge on any atom is 0.338 e. The summed E-state index contributed by atoms with van der Waals surface area (Å²) < 4.78 is 31.0. The van der Waals surface area contributed by atoms with Crippen LogP contribution in [0.5, 0.6) is 0 Å². The Labute approximate surface area is 220 Å². The van der Waals surface area contributed by atoms with Crippen LogP contribution in [0.25, 0.3) is 11.3 Å². The third-order valence-corrected chi connectivity index (χ3v) is 7.60. The summed E-state index contributed by atoms with van der Waals surface area (Å²) in [5.74, 6) is -0.851. The molecule has 0 aliphatic carbocycles. The largest absolute Gasteiger partial charge is 0.465 e. The lowest BCUT2D eigenvalue weighted by atomic mass is 9.96. The molecule has 0 aromatic heterocycles. The standard InChI is InChI=1S/C27H27N3O7S/c1-17-15-22-23(16-21(17)27(33)36-3)29-26(32)24(22)25(18-7-5-4-6-8-18)28-19-9-11-20(12-10-19)38(34,35)30(2)37-14-13-31/h4-12,15-16,28,31H,13-14H2,1-3H3,(H,29,32)/b25-24-. The molecule has 10 nitrogen and oxygen atoms in total. The number of ether oxygens (including phenoxy) is 1. The van der Waals surface area contributed by atoms with Gasteiger partial charge in [0.25, 0.3) is 15.9 Å². The molecule has 0 radical (unpaired) electrons. The molecule has 1 aliphatic heterocycles. The zero-order valence-corrected chi connectivity index (χ0v) is 21.8. The first kappa shape index (κ1) is 27.0. The predicted molar refractivity (Wildman–Crippen MR) is 142 cm³/mol. The number of nitrogens with zero attached hydrogens (tertiary/aromatic N) is 1. The van der Waals surface area contributed by atoms with Gasteiger partial charge in [0.05, 0.1) is 47.7 Å². The van der Waals surface area contributed by atoms with Gasteiger partial charge in [-0.25, -0.2) is 13.2 Å². The van der Waals surface area contributed by atoms with E-state index in [2.05, 4.69) is 10.6 Å². The van der Waals surface area contributed by atoms with Gasteiger partial charge in [-0.2, -0.15) is 0 Å². The molecule has 0 bridgehead atoms. The molecule has 3 N–H and O–H groups in total. The SMILES string of the molecule is COC(=O)c1cc2c(cc1C)/C(=C(/Nc1ccc(S(=O)(=O)N(C)OCCO)cc1)c1ccccc1)C(=O)N2. The minimum absolute atomic E-state index is 0.00711. The van der Waals surface area contributed by atoms with Gasteiger partial charge in [0.1, 0.15) is 0 Å². The van der Waals surface area contributed by atoms with Gasteiger partial charge in [-0.05, 0) is 54.4 Å². The fourth-order valence-corrected chi connectivity index (χ4v) is 5.02. The van der Waals surface area contributed by atoms with E-state index in [0.29, 0.717) is 43.8 Å². The third-order valence-electron chi connectivity index (χ3n) is 5.95. The highest BCUT2D eigenvalue weighted by atomic mass is 32.2. The van der Waals surface area contributed by atoms with E-state index < -0.39 is 16.0 Å². The highest BCUT2D eigenvalue weighted by Gasteiger charge is 2.30. The predicted octanol–water partition coefficient (Wildman–Crippen LogP) is 3.26. The van der Waals surface area contributed by atoms with Crippen molar-refractivity contribution in [2.75, 3.05) is 38.0 Å². The average Bonchev–Trinajstić information content (AvgIpc) is 3.24. The first-order valence-corrected chi connectivity index (χ1v) is 13.1. The van der Waals surface area contributed by atoms with Crippen molar-refractivity contribution < 1.29 is 32.7 Å². The highest BCUT2D eigenvalue weighted by molar-refractivity contribution is 7.89. The van der Waals surface area contributed by atoms with E-state index in [9.17, 15) is 18.0 Å². The molecule has 1 aliphatic rings. The Hall–Kier alpha value is -4.03. The summed E-state index contributed by atoms with van der Waals surface area (Å²) in [5.41, 5.74) is 4.26. The van der Waals surface area contributed by atoms with E-state index >= 15 is 0 Å². The molecule has 0 saturated carbocycles. The smallest absolute Gasteiger partial charge is 0.338 e. The van der Waals surface area contributed by atoms with E-state index in [1.807, 2.05) is 30.3 Å². The lowest BCUT2D eigenvalue weighted by Gasteiger charge is -2.18. The van der Waals surface area contributed by atoms with Crippen LogP contribution >= 0.6 is 0 Å². The van der Waals surface area contributed by atoms with Crippen LogP contribution in [-0.4, -0.2) is 57.2 Å². The molecule has 3 aromatic carbocycles. The van der Waals surface area contributed by atoms with Crippen LogP contribution < -0.4 is 10.6 Å². The van der Waals surface area contributed by atoms with Gasteiger partial charge >= 0.3 is 5.97 Å². The summed E-state index contributed by atoms with van der Waals surface area (Å²) in [7, 11) is -1.39. The number of benzene rings is 3. The number of aliphatic hydroxyl groups is 1. The molecule has 0 atom stereocenters. The van der Waals surface area contributed by atoms with Crippen molar-refractivity contribution in [1.82, 2.24) is 4.47 Å². The number of hydrogen-bond donors (Lipinski definition) is 3. The Morgan fingerprint density at radius 2 is 1.76 bits per heavy atom. The lowest BCUT2D eigenvalue weighted by molar-refractivity contribution is -0.110. The summed E-state index contributed by atoms with van der Waals surface area (Å²) in [5, 5.41) is 15.0. The van der Waals surface area contributed by atoms with Crippen molar-refractivity contribution in [3.63, 3.8) is 0 Å². The number of carbonyl (C=O) groups is 2. The minimum atomic E-state index is -3.93. The van der Waals surface area contributed by atoms with Crippen molar-refractivity contribution in [3.05, 3.63) is 89.0 Å². The van der Waals surface area contributed by atoms with E-state index in [1.54, 1.807) is 31.2 Å². The van der Waals surface area contributed by atoms with Gasteiger partial charge in [0.15, 0.2) is 0 Å². The Morgan fingerprint density at radius 3 is 2.39 bits per heavy atom. The molecule has 0 spiro atoms. The van der Waals surface area contributed by atoms with Gasteiger partial charge in [0.2, 0.25) is 0 Å². The van der Waals surface area contributed by atoms with Crippen LogP contribution in [0.2, 0.25) is 0 Å². The quantitative estimate of drug-likeness (QED) is 0.215. The number of sulfonamides is 1. The minimum Gasteiger partial charge on any atom is -0.465 e. The number of aryl methyl sites for hydroxylation is 1. The van der Waals surface area contributed by atoms with Crippen molar-refractivity contribution in [2.45, 2.75) is 11.8 Å². The number of hydrogen-bond acceptors (Lipinski definition) is 8. The van der Waals surface area contributed by atoms with Crippen molar-refractivity contribution in [1.29, 1.82) is 0 Å². The number of methoxy groups -OCH3 is 1. The molecule has 0 saturated heterocycles. The lowest BCUT2D eigenvalue weighted by Crippen LogP contribution is -2.28. The monoisotopic (exact) mass is 537 g/mol. The number of fused-ring (bicyclic) bond motifs is 1. The second-order valence-electron chi connectivity index (χ2n) is 8.40. The number of anilines is 2. The molecule has 0 fully saturated rings. The Bertz CT molecular complexity index is 1500. The van der Waals surface area contributed by atoms with Crippen LogP contribution in [0.4, 0.5) is 11.4 Å². The van der Waals surface area contributed by atoms with E-state index in [-0.39, 0.29) is 24.0 Å².